The number of halogens is 1. The Labute approximate surface area is 170 Å². The Morgan fingerprint density at radius 1 is 1.24 bits per heavy atom. The summed E-state index contributed by atoms with van der Waals surface area (Å²) in [6.45, 7) is 1.53. The van der Waals surface area contributed by atoms with E-state index in [2.05, 4.69) is 15.1 Å². The van der Waals surface area contributed by atoms with Crippen LogP contribution in [-0.4, -0.2) is 55.3 Å². The molecule has 9 nitrogen and oxygen atoms in total. The minimum atomic E-state index is -1.56. The van der Waals surface area contributed by atoms with Gasteiger partial charge < -0.3 is 34.4 Å². The van der Waals surface area contributed by atoms with E-state index in [-0.39, 0.29) is 0 Å². The Morgan fingerprint density at radius 3 is 2.66 bits per heavy atom. The van der Waals surface area contributed by atoms with Crippen molar-refractivity contribution in [2.24, 2.45) is 5.16 Å². The van der Waals surface area contributed by atoms with Crippen molar-refractivity contribution in [1.82, 2.24) is 14.5 Å². The number of benzene rings is 1. The van der Waals surface area contributed by atoms with Gasteiger partial charge in [0, 0.05) is 11.2 Å². The predicted octanol–water partition coefficient (Wildman–Crippen LogP) is 1.01. The number of aromatic amines is 1. The van der Waals surface area contributed by atoms with Gasteiger partial charge in [-0.1, -0.05) is 28.9 Å². The van der Waals surface area contributed by atoms with Crippen LogP contribution in [0.4, 0.5) is 0 Å². The number of nitrogens with one attached hydrogen (secondary N) is 1. The average molecular weight is 421 g/mol. The van der Waals surface area contributed by atoms with Gasteiger partial charge in [-0.2, -0.15) is 0 Å². The van der Waals surface area contributed by atoms with Crippen LogP contribution in [0.25, 0.3) is 11.0 Å². The summed E-state index contributed by atoms with van der Waals surface area (Å²) in [4.78, 5) is 11.9. The number of hydrogen-bond donors (Lipinski definition) is 4. The average Bonchev–Trinajstić information content (AvgIpc) is 3.25. The second-order valence-corrected chi connectivity index (χ2v) is 7.50. The summed E-state index contributed by atoms with van der Waals surface area (Å²) >= 11 is 5.92. The van der Waals surface area contributed by atoms with Crippen molar-refractivity contribution in [3.8, 4) is 0 Å². The molecule has 0 bridgehead atoms. The Kier molecular flexibility index (Phi) is 5.09. The van der Waals surface area contributed by atoms with Gasteiger partial charge in [0.25, 0.3) is 0 Å². The number of aliphatic hydroxyl groups excluding tert-OH is 2. The van der Waals surface area contributed by atoms with E-state index in [9.17, 15) is 15.3 Å². The minimum Gasteiger partial charge on any atom is -0.397 e. The van der Waals surface area contributed by atoms with Gasteiger partial charge in [0.1, 0.15) is 36.7 Å². The fraction of sp³-hybridized carbons (Fsp3) is 0.368. The fourth-order valence-corrected chi connectivity index (χ4v) is 3.81. The van der Waals surface area contributed by atoms with Crippen molar-refractivity contribution >= 4 is 22.6 Å². The zero-order chi connectivity index (χ0) is 20.8. The highest BCUT2D eigenvalue weighted by molar-refractivity contribution is 6.30. The molecular weight excluding hydrogens is 400 g/mol. The van der Waals surface area contributed by atoms with E-state index in [1.165, 1.54) is 20.4 Å². The lowest BCUT2D eigenvalue weighted by atomic mass is 9.87. The molecule has 0 saturated carbocycles. The molecular formula is C19H21ClN4O5. The smallest absolute Gasteiger partial charge is 0.203 e. The molecule has 3 aromatic rings. The third kappa shape index (κ3) is 3.30. The van der Waals surface area contributed by atoms with Crippen LogP contribution < -0.4 is 5.49 Å². The third-order valence-corrected chi connectivity index (χ3v) is 5.47. The van der Waals surface area contributed by atoms with Gasteiger partial charge >= 0.3 is 0 Å². The molecule has 0 amide bonds. The predicted molar refractivity (Wildman–Crippen MR) is 104 cm³/mol. The van der Waals surface area contributed by atoms with Crippen molar-refractivity contribution in [3.63, 3.8) is 0 Å². The summed E-state index contributed by atoms with van der Waals surface area (Å²) in [5, 5.41) is 37.5. The topological polar surface area (TPSA) is 125 Å². The summed E-state index contributed by atoms with van der Waals surface area (Å²) in [5.41, 5.74) is -0.130. The van der Waals surface area contributed by atoms with Gasteiger partial charge in [-0.25, -0.2) is 4.98 Å². The van der Waals surface area contributed by atoms with Crippen molar-refractivity contribution < 1.29 is 24.9 Å². The molecule has 1 aromatic carbocycles. The molecule has 0 unspecified atom stereocenters. The SMILES string of the molecule is CO/N=c1/nc[nH]c2c1ccn2[C@@H]1O[C@H]([C@](C)(O)c2ccc(Cl)cc2)[C@@H](O)[C@H]1O. The number of rotatable bonds is 4. The molecule has 1 aliphatic heterocycles. The van der Waals surface area contributed by atoms with Gasteiger partial charge in [0.2, 0.25) is 5.49 Å². The molecule has 1 saturated heterocycles. The zero-order valence-corrected chi connectivity index (χ0v) is 16.5. The van der Waals surface area contributed by atoms with E-state index in [0.29, 0.717) is 27.1 Å². The van der Waals surface area contributed by atoms with E-state index in [1.807, 2.05) is 0 Å². The van der Waals surface area contributed by atoms with Crippen molar-refractivity contribution in [2.75, 3.05) is 7.11 Å². The van der Waals surface area contributed by atoms with Crippen molar-refractivity contribution in [3.05, 3.63) is 58.9 Å². The largest absolute Gasteiger partial charge is 0.397 e. The Bertz CT molecular complexity index is 1080. The summed E-state index contributed by atoms with van der Waals surface area (Å²) in [6, 6.07) is 8.33. The lowest BCUT2D eigenvalue weighted by Crippen LogP contribution is -2.45. The summed E-state index contributed by atoms with van der Waals surface area (Å²) in [6.07, 6.45) is -1.51. The number of aliphatic hydroxyl groups is 3. The van der Waals surface area contributed by atoms with Crippen LogP contribution in [0.2, 0.25) is 5.02 Å². The van der Waals surface area contributed by atoms with Gasteiger partial charge in [-0.05, 0) is 30.7 Å². The molecule has 5 atom stereocenters. The first-order chi connectivity index (χ1) is 13.8. The van der Waals surface area contributed by atoms with E-state index in [0.717, 1.165) is 0 Å². The molecule has 1 aliphatic rings. The number of fused-ring (bicyclic) bond motifs is 1. The first kappa shape index (κ1) is 19.9. The molecule has 3 heterocycles. The number of nitrogens with zero attached hydrogens (tertiary/aromatic N) is 3. The van der Waals surface area contributed by atoms with E-state index in [1.54, 1.807) is 41.1 Å². The van der Waals surface area contributed by atoms with Crippen LogP contribution in [0.15, 0.2) is 48.0 Å². The van der Waals surface area contributed by atoms with Gasteiger partial charge in [-0.15, -0.1) is 0 Å². The monoisotopic (exact) mass is 420 g/mol. The van der Waals surface area contributed by atoms with Crippen LogP contribution in [0.3, 0.4) is 0 Å². The number of ether oxygens (including phenoxy) is 1. The van der Waals surface area contributed by atoms with Gasteiger partial charge in [0.05, 0.1) is 11.7 Å². The third-order valence-electron chi connectivity index (χ3n) is 5.22. The molecule has 29 heavy (non-hydrogen) atoms. The maximum atomic E-state index is 11.1. The van der Waals surface area contributed by atoms with Crippen LogP contribution in [-0.2, 0) is 15.2 Å². The first-order valence-electron chi connectivity index (χ1n) is 8.96. The molecule has 4 rings (SSSR count). The van der Waals surface area contributed by atoms with Crippen molar-refractivity contribution in [1.29, 1.82) is 0 Å². The number of aromatic nitrogens is 3. The molecule has 10 heteroatoms. The number of H-pyrrole nitrogens is 1. The Balaban J connectivity index is 1.71. The normalized spacial score (nSPS) is 27.3. The maximum absolute atomic E-state index is 11.1. The van der Waals surface area contributed by atoms with E-state index < -0.39 is 30.1 Å². The van der Waals surface area contributed by atoms with Gasteiger partial charge in [-0.3, -0.25) is 0 Å². The molecule has 1 fully saturated rings. The highest BCUT2D eigenvalue weighted by Crippen LogP contribution is 2.40. The summed E-state index contributed by atoms with van der Waals surface area (Å²) < 4.78 is 7.59. The zero-order valence-electron chi connectivity index (χ0n) is 15.7. The highest BCUT2D eigenvalue weighted by Gasteiger charge is 2.52. The van der Waals surface area contributed by atoms with Crippen molar-refractivity contribution in [2.45, 2.75) is 37.1 Å². The standard InChI is InChI=1S/C19H21ClN4O5/c1-19(27,10-3-5-11(20)6-4-10)15-13(25)14(26)18(29-15)24-8-7-12-16(23-28-2)21-9-22-17(12)24/h3-9,13-15,18,25-27H,1-2H3,(H,21,22,23)/t13-,14+,15-,18+,19+/m0/s1. The molecule has 0 radical (unpaired) electrons. The van der Waals surface area contributed by atoms with Crippen LogP contribution in [0.1, 0.15) is 18.7 Å². The Hall–Kier alpha value is -2.43. The molecule has 0 aliphatic carbocycles. The highest BCUT2D eigenvalue weighted by atomic mass is 35.5. The Morgan fingerprint density at radius 2 is 1.97 bits per heavy atom. The van der Waals surface area contributed by atoms with Crippen LogP contribution in [0, 0.1) is 0 Å². The quantitative estimate of drug-likeness (QED) is 0.467. The molecule has 0 spiro atoms. The van der Waals surface area contributed by atoms with Crippen LogP contribution in [0.5, 0.6) is 0 Å². The lowest BCUT2D eigenvalue weighted by Gasteiger charge is -2.32. The molecule has 154 valence electrons. The van der Waals surface area contributed by atoms with Gasteiger partial charge in [0.15, 0.2) is 6.23 Å². The second kappa shape index (κ2) is 7.43. The fourth-order valence-electron chi connectivity index (χ4n) is 3.68. The molecule has 2 aromatic heterocycles. The van der Waals surface area contributed by atoms with E-state index in [4.69, 9.17) is 21.2 Å². The van der Waals surface area contributed by atoms with E-state index >= 15 is 0 Å². The van der Waals surface area contributed by atoms with Crippen LogP contribution >= 0.6 is 11.6 Å². The second-order valence-electron chi connectivity index (χ2n) is 7.07. The number of hydrogen-bond acceptors (Lipinski definition) is 7. The molecule has 4 N–H and O–H groups in total. The first-order valence-corrected chi connectivity index (χ1v) is 9.34. The maximum Gasteiger partial charge on any atom is 0.203 e. The summed E-state index contributed by atoms with van der Waals surface area (Å²) in [5.74, 6) is 0. The summed E-state index contributed by atoms with van der Waals surface area (Å²) in [7, 11) is 1.42. The minimum absolute atomic E-state index is 0.359. The lowest BCUT2D eigenvalue weighted by molar-refractivity contribution is -0.135.